The van der Waals surface area contributed by atoms with Crippen molar-refractivity contribution >= 4 is 27.8 Å². The van der Waals surface area contributed by atoms with Crippen LogP contribution in [-0.4, -0.2) is 77.6 Å². The summed E-state index contributed by atoms with van der Waals surface area (Å²) in [7, 11) is 0. The first-order valence-electron chi connectivity index (χ1n) is 15.3. The molecule has 1 aliphatic carbocycles. The number of nitrogens with zero attached hydrogens (tertiary/aromatic N) is 6. The van der Waals surface area contributed by atoms with Crippen LogP contribution in [0.4, 0.5) is 10.1 Å². The minimum absolute atomic E-state index is 0.288. The van der Waals surface area contributed by atoms with Crippen molar-refractivity contribution in [3.63, 3.8) is 0 Å². The Morgan fingerprint density at radius 3 is 2.80 bits per heavy atom. The van der Waals surface area contributed by atoms with Gasteiger partial charge in [-0.2, -0.15) is 5.10 Å². The van der Waals surface area contributed by atoms with Crippen LogP contribution in [0.3, 0.4) is 0 Å². The molecule has 6 heterocycles. The number of benzene rings is 1. The number of ether oxygens (including phenoxy) is 1. The molecule has 2 fully saturated rings. The van der Waals surface area contributed by atoms with E-state index >= 15 is 0 Å². The SMILES string of the molecule is OC(Nc1cncc(-c2cc3c(-c4nc5nccc(-c6cc(F)cc(OCCN7CCCC7)c6)c5[nH]4)n[nH]c3cn2)c1)C1CC1. The van der Waals surface area contributed by atoms with Crippen LogP contribution < -0.4 is 10.1 Å². The van der Waals surface area contributed by atoms with Crippen molar-refractivity contribution in [1.29, 1.82) is 0 Å². The van der Waals surface area contributed by atoms with Crippen LogP contribution in [0.15, 0.2) is 61.2 Å². The van der Waals surface area contributed by atoms with Crippen molar-refractivity contribution in [3.8, 4) is 39.7 Å². The van der Waals surface area contributed by atoms with Gasteiger partial charge in [0.2, 0.25) is 0 Å². The number of aliphatic hydroxyl groups is 1. The lowest BCUT2D eigenvalue weighted by molar-refractivity contribution is 0.180. The second-order valence-electron chi connectivity index (χ2n) is 11.8. The molecule has 2 aliphatic rings. The minimum atomic E-state index is -0.587. The molecular formula is C33H32FN9O2. The van der Waals surface area contributed by atoms with Crippen LogP contribution in [0.25, 0.3) is 56.0 Å². The highest BCUT2D eigenvalue weighted by Gasteiger charge is 2.29. The van der Waals surface area contributed by atoms with Crippen molar-refractivity contribution < 1.29 is 14.2 Å². The lowest BCUT2D eigenvalue weighted by atomic mass is 10.1. The molecule has 11 nitrogen and oxygen atoms in total. The molecule has 1 saturated carbocycles. The quantitative estimate of drug-likeness (QED) is 0.152. The second-order valence-corrected chi connectivity index (χ2v) is 11.8. The first-order valence-corrected chi connectivity index (χ1v) is 15.3. The summed E-state index contributed by atoms with van der Waals surface area (Å²) in [6.45, 7) is 3.51. The van der Waals surface area contributed by atoms with Gasteiger partial charge in [-0.05, 0) is 74.7 Å². The summed E-state index contributed by atoms with van der Waals surface area (Å²) in [5.74, 6) is 0.926. The highest BCUT2D eigenvalue weighted by atomic mass is 19.1. The topological polar surface area (TPSA) is 141 Å². The molecule has 4 N–H and O–H groups in total. The molecule has 1 aliphatic heterocycles. The van der Waals surface area contributed by atoms with Gasteiger partial charge < -0.3 is 20.1 Å². The van der Waals surface area contributed by atoms with Crippen LogP contribution in [0, 0.1) is 11.7 Å². The summed E-state index contributed by atoms with van der Waals surface area (Å²) in [4.78, 5) is 23.9. The Bertz CT molecular complexity index is 2000. The van der Waals surface area contributed by atoms with E-state index in [-0.39, 0.29) is 11.7 Å². The maximum absolute atomic E-state index is 14.8. The van der Waals surface area contributed by atoms with Crippen LogP contribution in [-0.2, 0) is 0 Å². The third-order valence-corrected chi connectivity index (χ3v) is 8.54. The highest BCUT2D eigenvalue weighted by Crippen LogP contribution is 2.35. The zero-order chi connectivity index (χ0) is 30.3. The van der Waals surface area contributed by atoms with Gasteiger partial charge in [-0.15, -0.1) is 0 Å². The zero-order valence-corrected chi connectivity index (χ0v) is 24.5. The lowest BCUT2D eigenvalue weighted by Gasteiger charge is -2.15. The number of nitrogens with one attached hydrogen (secondary N) is 3. The Kier molecular flexibility index (Phi) is 7.07. The van der Waals surface area contributed by atoms with Crippen molar-refractivity contribution in [2.75, 3.05) is 31.6 Å². The molecule has 1 atom stereocenters. The molecule has 228 valence electrons. The maximum atomic E-state index is 14.8. The number of halogens is 1. The Morgan fingerprint density at radius 2 is 1.93 bits per heavy atom. The van der Waals surface area contributed by atoms with E-state index in [1.165, 1.54) is 25.0 Å². The van der Waals surface area contributed by atoms with E-state index < -0.39 is 6.23 Å². The molecule has 1 saturated heterocycles. The minimum Gasteiger partial charge on any atom is -0.492 e. The first-order chi connectivity index (χ1) is 22.1. The van der Waals surface area contributed by atoms with E-state index in [1.54, 1.807) is 24.8 Å². The van der Waals surface area contributed by atoms with Gasteiger partial charge in [0.15, 0.2) is 11.5 Å². The Morgan fingerprint density at radius 1 is 1.04 bits per heavy atom. The highest BCUT2D eigenvalue weighted by molar-refractivity contribution is 5.96. The first kappa shape index (κ1) is 27.6. The standard InChI is InChI=1S/C33H32FN9O2/c34-22-11-20(13-24(14-22)45-10-9-43-7-1-2-8-43)25-5-6-36-31-29(25)39-32(40-31)30-26-15-27(37-18-28(26)41-42-30)21-12-23(17-35-16-21)38-33(44)19-3-4-19/h5-6,11-19,33,38,44H,1-4,7-10H2,(H,41,42)(H,36,39,40). The summed E-state index contributed by atoms with van der Waals surface area (Å²) >= 11 is 0. The van der Waals surface area contributed by atoms with Gasteiger partial charge in [0.1, 0.15) is 30.1 Å². The van der Waals surface area contributed by atoms with Crippen molar-refractivity contribution in [3.05, 3.63) is 67.0 Å². The van der Waals surface area contributed by atoms with Crippen molar-refractivity contribution in [1.82, 2.24) is 40.0 Å². The van der Waals surface area contributed by atoms with E-state index in [0.717, 1.165) is 60.2 Å². The molecule has 1 aromatic carbocycles. The molecule has 5 aromatic heterocycles. The smallest absolute Gasteiger partial charge is 0.178 e. The molecule has 6 aromatic rings. The molecule has 12 heteroatoms. The summed E-state index contributed by atoms with van der Waals surface area (Å²) < 4.78 is 20.7. The fourth-order valence-electron chi connectivity index (χ4n) is 5.98. The van der Waals surface area contributed by atoms with Crippen molar-refractivity contribution in [2.45, 2.75) is 31.9 Å². The number of fused-ring (bicyclic) bond motifs is 2. The Labute approximate surface area is 257 Å². The normalized spacial score (nSPS) is 16.0. The number of anilines is 1. The number of aromatic amines is 2. The van der Waals surface area contributed by atoms with E-state index in [0.29, 0.717) is 46.3 Å². The Balaban J connectivity index is 1.09. The van der Waals surface area contributed by atoms with Crippen LogP contribution >= 0.6 is 0 Å². The summed E-state index contributed by atoms with van der Waals surface area (Å²) in [6, 6.07) is 10.5. The number of imidazole rings is 1. The van der Waals surface area contributed by atoms with Gasteiger partial charge >= 0.3 is 0 Å². The number of aliphatic hydroxyl groups excluding tert-OH is 1. The average Bonchev–Trinajstić information content (AvgIpc) is 3.40. The van der Waals surface area contributed by atoms with Gasteiger partial charge in [0, 0.05) is 47.4 Å². The number of aromatic nitrogens is 7. The molecule has 0 amide bonds. The predicted octanol–water partition coefficient (Wildman–Crippen LogP) is 5.38. The molecule has 0 bridgehead atoms. The lowest BCUT2D eigenvalue weighted by Crippen LogP contribution is -2.25. The van der Waals surface area contributed by atoms with Crippen LogP contribution in [0.2, 0.25) is 0 Å². The Hall–Kier alpha value is -4.94. The molecule has 45 heavy (non-hydrogen) atoms. The van der Waals surface area contributed by atoms with Gasteiger partial charge in [-0.1, -0.05) is 0 Å². The molecule has 0 spiro atoms. The monoisotopic (exact) mass is 605 g/mol. The zero-order valence-electron chi connectivity index (χ0n) is 24.5. The molecular weight excluding hydrogens is 573 g/mol. The van der Waals surface area contributed by atoms with Gasteiger partial charge in [-0.3, -0.25) is 20.0 Å². The van der Waals surface area contributed by atoms with E-state index in [2.05, 4.69) is 40.3 Å². The number of pyridine rings is 3. The second kappa shape index (κ2) is 11.5. The molecule has 0 radical (unpaired) electrons. The van der Waals surface area contributed by atoms with Crippen LogP contribution in [0.1, 0.15) is 25.7 Å². The third kappa shape index (κ3) is 5.69. The summed E-state index contributed by atoms with van der Waals surface area (Å²) in [6.07, 6.45) is 10.7. The van der Waals surface area contributed by atoms with E-state index in [9.17, 15) is 9.50 Å². The van der Waals surface area contributed by atoms with Crippen LogP contribution in [0.5, 0.6) is 5.75 Å². The van der Waals surface area contributed by atoms with Gasteiger partial charge in [-0.25, -0.2) is 14.4 Å². The van der Waals surface area contributed by atoms with E-state index in [1.807, 2.05) is 24.3 Å². The number of hydrogen-bond donors (Lipinski definition) is 4. The van der Waals surface area contributed by atoms with Gasteiger partial charge in [0.05, 0.1) is 34.8 Å². The average molecular weight is 606 g/mol. The molecule has 8 rings (SSSR count). The van der Waals surface area contributed by atoms with Gasteiger partial charge in [0.25, 0.3) is 0 Å². The number of H-pyrrole nitrogens is 2. The number of hydrogen-bond acceptors (Lipinski definition) is 9. The number of rotatable bonds is 10. The van der Waals surface area contributed by atoms with E-state index in [4.69, 9.17) is 9.72 Å². The maximum Gasteiger partial charge on any atom is 0.178 e. The third-order valence-electron chi connectivity index (χ3n) is 8.54. The predicted molar refractivity (Wildman–Crippen MR) is 169 cm³/mol. The molecule has 1 unspecified atom stereocenters. The summed E-state index contributed by atoms with van der Waals surface area (Å²) in [5, 5.41) is 21.9. The fourth-order valence-corrected chi connectivity index (χ4v) is 5.98. The largest absolute Gasteiger partial charge is 0.492 e. The summed E-state index contributed by atoms with van der Waals surface area (Å²) in [5.41, 5.74) is 6.17. The number of likely N-dealkylation sites (tertiary alicyclic amines) is 1. The fraction of sp³-hybridized carbons (Fsp3) is 0.303. The van der Waals surface area contributed by atoms with Crippen molar-refractivity contribution in [2.24, 2.45) is 5.92 Å².